The number of ether oxygens (including phenoxy) is 1. The second-order valence-electron chi connectivity index (χ2n) is 6.14. The largest absolute Gasteiger partial charge is 0.373 e. The second kappa shape index (κ2) is 7.23. The van der Waals surface area contributed by atoms with Gasteiger partial charge in [-0.25, -0.2) is 0 Å². The van der Waals surface area contributed by atoms with E-state index in [0.717, 1.165) is 18.5 Å². The van der Waals surface area contributed by atoms with Gasteiger partial charge in [0.25, 0.3) is 0 Å². The molecule has 0 saturated heterocycles. The molecular weight excluding hydrogens is 250 g/mol. The Morgan fingerprint density at radius 2 is 2.00 bits per heavy atom. The first kappa shape index (κ1) is 15.5. The maximum absolute atomic E-state index is 6.23. The molecule has 0 bridgehead atoms. The second-order valence-corrected chi connectivity index (χ2v) is 6.14. The lowest BCUT2D eigenvalue weighted by atomic mass is 9.96. The highest BCUT2D eigenvalue weighted by Crippen LogP contribution is 2.27. The average Bonchev–Trinajstić information content (AvgIpc) is 2.97. The van der Waals surface area contributed by atoms with Gasteiger partial charge in [-0.3, -0.25) is 4.68 Å². The van der Waals surface area contributed by atoms with Crippen molar-refractivity contribution in [1.29, 1.82) is 0 Å². The van der Waals surface area contributed by atoms with Crippen molar-refractivity contribution in [1.82, 2.24) is 9.78 Å². The van der Waals surface area contributed by atoms with Gasteiger partial charge < -0.3 is 10.5 Å². The quantitative estimate of drug-likeness (QED) is 0.832. The fourth-order valence-corrected chi connectivity index (χ4v) is 2.82. The molecule has 1 heterocycles. The molecule has 4 nitrogen and oxygen atoms in total. The van der Waals surface area contributed by atoms with Gasteiger partial charge in [-0.1, -0.05) is 33.1 Å². The minimum atomic E-state index is -0.189. The molecule has 0 atom stereocenters. The van der Waals surface area contributed by atoms with Crippen LogP contribution in [-0.2, 0) is 11.3 Å². The molecule has 114 valence electrons. The molecule has 1 aromatic rings. The Labute approximate surface area is 122 Å². The van der Waals surface area contributed by atoms with E-state index < -0.39 is 0 Å². The van der Waals surface area contributed by atoms with E-state index in [2.05, 4.69) is 35.9 Å². The molecule has 0 aliphatic heterocycles. The number of nitrogens with two attached hydrogens (primary N) is 1. The highest BCUT2D eigenvalue weighted by atomic mass is 16.5. The van der Waals surface area contributed by atoms with E-state index in [0.29, 0.717) is 19.3 Å². The lowest BCUT2D eigenvalue weighted by molar-refractivity contribution is 0.0672. The van der Waals surface area contributed by atoms with Crippen LogP contribution in [0.15, 0.2) is 12.3 Å². The third-order valence-electron chi connectivity index (χ3n) is 4.66. The van der Waals surface area contributed by atoms with E-state index in [1.807, 2.05) is 0 Å². The number of hydrogen-bond acceptors (Lipinski definition) is 3. The van der Waals surface area contributed by atoms with Crippen LogP contribution in [-0.4, -0.2) is 21.9 Å². The van der Waals surface area contributed by atoms with Crippen LogP contribution in [0.1, 0.15) is 70.5 Å². The Morgan fingerprint density at radius 3 is 2.65 bits per heavy atom. The van der Waals surface area contributed by atoms with Crippen molar-refractivity contribution < 1.29 is 4.74 Å². The normalized spacial score (nSPS) is 17.6. The van der Waals surface area contributed by atoms with Crippen LogP contribution >= 0.6 is 0 Å². The summed E-state index contributed by atoms with van der Waals surface area (Å²) < 4.78 is 7.90. The zero-order valence-corrected chi connectivity index (χ0v) is 13.0. The SMILES string of the molecule is CCC(N)(CC)COCc1ccn(C2CCCCC2)n1. The highest BCUT2D eigenvalue weighted by Gasteiger charge is 2.20. The molecule has 1 saturated carbocycles. The average molecular weight is 279 g/mol. The van der Waals surface area contributed by atoms with Crippen molar-refractivity contribution in [3.63, 3.8) is 0 Å². The standard InChI is InChI=1S/C16H29N3O/c1-3-16(17,4-2)13-20-12-14-10-11-19(18-14)15-8-6-5-7-9-15/h10-11,15H,3-9,12-13,17H2,1-2H3. The number of aromatic nitrogens is 2. The molecule has 20 heavy (non-hydrogen) atoms. The summed E-state index contributed by atoms with van der Waals surface area (Å²) in [5.74, 6) is 0. The van der Waals surface area contributed by atoms with Gasteiger partial charge in [0.15, 0.2) is 0 Å². The summed E-state index contributed by atoms with van der Waals surface area (Å²) in [7, 11) is 0. The number of rotatable bonds is 7. The van der Waals surface area contributed by atoms with Gasteiger partial charge in [0.1, 0.15) is 0 Å². The molecule has 1 fully saturated rings. The highest BCUT2D eigenvalue weighted by molar-refractivity contribution is 4.98. The first-order chi connectivity index (χ1) is 9.67. The molecule has 0 radical (unpaired) electrons. The summed E-state index contributed by atoms with van der Waals surface area (Å²) in [5, 5.41) is 4.66. The molecule has 1 aliphatic carbocycles. The van der Waals surface area contributed by atoms with Crippen molar-refractivity contribution in [3.05, 3.63) is 18.0 Å². The Morgan fingerprint density at radius 1 is 1.30 bits per heavy atom. The molecule has 1 aromatic heterocycles. The molecule has 4 heteroatoms. The van der Waals surface area contributed by atoms with Crippen LogP contribution < -0.4 is 5.73 Å². The van der Waals surface area contributed by atoms with Crippen LogP contribution in [0.2, 0.25) is 0 Å². The lowest BCUT2D eigenvalue weighted by Crippen LogP contribution is -2.43. The van der Waals surface area contributed by atoms with Gasteiger partial charge in [-0.2, -0.15) is 5.10 Å². The van der Waals surface area contributed by atoms with Gasteiger partial charge in [0.2, 0.25) is 0 Å². The van der Waals surface area contributed by atoms with E-state index >= 15 is 0 Å². The Bertz CT molecular complexity index is 392. The first-order valence-electron chi connectivity index (χ1n) is 8.07. The van der Waals surface area contributed by atoms with Crippen molar-refractivity contribution in [3.8, 4) is 0 Å². The van der Waals surface area contributed by atoms with Crippen molar-refractivity contribution in [2.45, 2.75) is 77.0 Å². The smallest absolute Gasteiger partial charge is 0.0907 e. The van der Waals surface area contributed by atoms with Crippen LogP contribution in [0, 0.1) is 0 Å². The van der Waals surface area contributed by atoms with Crippen molar-refractivity contribution in [2.75, 3.05) is 6.61 Å². The van der Waals surface area contributed by atoms with Gasteiger partial charge in [-0.15, -0.1) is 0 Å². The van der Waals surface area contributed by atoms with Gasteiger partial charge in [0, 0.05) is 11.7 Å². The van der Waals surface area contributed by atoms with Crippen LogP contribution in [0.25, 0.3) is 0 Å². The minimum Gasteiger partial charge on any atom is -0.373 e. The summed E-state index contributed by atoms with van der Waals surface area (Å²) in [6.45, 7) is 5.41. The molecule has 1 aliphatic rings. The Kier molecular flexibility index (Phi) is 5.61. The molecule has 0 amide bonds. The van der Waals surface area contributed by atoms with E-state index in [1.165, 1.54) is 32.1 Å². The minimum absolute atomic E-state index is 0.189. The molecule has 0 aromatic carbocycles. The third-order valence-corrected chi connectivity index (χ3v) is 4.66. The molecule has 0 spiro atoms. The maximum atomic E-state index is 6.23. The molecule has 2 rings (SSSR count). The van der Waals surface area contributed by atoms with Crippen LogP contribution in [0.5, 0.6) is 0 Å². The fraction of sp³-hybridized carbons (Fsp3) is 0.812. The monoisotopic (exact) mass is 279 g/mol. The summed E-state index contributed by atoms with van der Waals surface area (Å²) in [5.41, 5.74) is 7.06. The third kappa shape index (κ3) is 4.06. The first-order valence-corrected chi connectivity index (χ1v) is 8.07. The molecular formula is C16H29N3O. The summed E-state index contributed by atoms with van der Waals surface area (Å²) in [6, 6.07) is 2.67. The van der Waals surface area contributed by atoms with Gasteiger partial charge in [0.05, 0.1) is 24.9 Å². The van der Waals surface area contributed by atoms with E-state index in [4.69, 9.17) is 10.5 Å². The summed E-state index contributed by atoms with van der Waals surface area (Å²) in [4.78, 5) is 0. The van der Waals surface area contributed by atoms with E-state index in [-0.39, 0.29) is 5.54 Å². The van der Waals surface area contributed by atoms with Crippen molar-refractivity contribution >= 4 is 0 Å². The summed E-state index contributed by atoms with van der Waals surface area (Å²) in [6.07, 6.45) is 10.6. The van der Waals surface area contributed by atoms with Crippen molar-refractivity contribution in [2.24, 2.45) is 5.73 Å². The number of hydrogen-bond donors (Lipinski definition) is 1. The van der Waals surface area contributed by atoms with E-state index in [1.54, 1.807) is 0 Å². The Balaban J connectivity index is 1.80. The lowest BCUT2D eigenvalue weighted by Gasteiger charge is -2.26. The van der Waals surface area contributed by atoms with E-state index in [9.17, 15) is 0 Å². The van der Waals surface area contributed by atoms with Crippen LogP contribution in [0.4, 0.5) is 0 Å². The van der Waals surface area contributed by atoms with Crippen LogP contribution in [0.3, 0.4) is 0 Å². The van der Waals surface area contributed by atoms with Gasteiger partial charge in [-0.05, 0) is 31.7 Å². The zero-order chi connectivity index (χ0) is 14.4. The maximum Gasteiger partial charge on any atom is 0.0907 e. The fourth-order valence-electron chi connectivity index (χ4n) is 2.82. The summed E-state index contributed by atoms with van der Waals surface area (Å²) >= 11 is 0. The zero-order valence-electron chi connectivity index (χ0n) is 13.0. The Hall–Kier alpha value is -0.870. The number of nitrogens with zero attached hydrogens (tertiary/aromatic N) is 2. The predicted octanol–water partition coefficient (Wildman–Crippen LogP) is 3.42. The molecule has 2 N–H and O–H groups in total. The predicted molar refractivity (Wildman–Crippen MR) is 81.5 cm³/mol. The van der Waals surface area contributed by atoms with Gasteiger partial charge >= 0.3 is 0 Å². The topological polar surface area (TPSA) is 53.1 Å². The molecule has 0 unspecified atom stereocenters.